The first-order valence-corrected chi connectivity index (χ1v) is 11.5. The van der Waals surface area contributed by atoms with Gasteiger partial charge >= 0.3 is 0 Å². The van der Waals surface area contributed by atoms with Crippen LogP contribution in [0.15, 0.2) is 80.2 Å². The molecule has 2 aromatic carbocycles. The minimum absolute atomic E-state index is 0.0898. The number of rotatable bonds is 8. The Hall–Kier alpha value is -4.59. The minimum atomic E-state index is -0.654. The maximum absolute atomic E-state index is 13.3. The lowest BCUT2D eigenvalue weighted by molar-refractivity contribution is -0.127. The maximum Gasteiger partial charge on any atom is 0.295 e. The molecule has 0 spiro atoms. The summed E-state index contributed by atoms with van der Waals surface area (Å²) in [5.74, 6) is -0.453. The van der Waals surface area contributed by atoms with Gasteiger partial charge in [0.05, 0.1) is 29.8 Å². The van der Waals surface area contributed by atoms with Crippen LogP contribution in [-0.4, -0.2) is 65.7 Å². The second-order valence-corrected chi connectivity index (χ2v) is 8.10. The van der Waals surface area contributed by atoms with Gasteiger partial charge in [-0.25, -0.2) is 0 Å². The number of H-pyrrole nitrogens is 1. The van der Waals surface area contributed by atoms with Gasteiger partial charge in [0.1, 0.15) is 11.5 Å². The number of fused-ring (bicyclic) bond motifs is 1. The second kappa shape index (κ2) is 10.8. The molecule has 0 radical (unpaired) electrons. The fourth-order valence-corrected chi connectivity index (χ4v) is 4.30. The summed E-state index contributed by atoms with van der Waals surface area (Å²) in [6.07, 6.45) is 6.06. The molecule has 1 fully saturated rings. The van der Waals surface area contributed by atoms with E-state index in [1.807, 2.05) is 18.2 Å². The van der Waals surface area contributed by atoms with E-state index in [1.165, 1.54) is 24.5 Å². The van der Waals surface area contributed by atoms with E-state index >= 15 is 0 Å². The number of aromatic nitrogens is 1. The van der Waals surface area contributed by atoms with Gasteiger partial charge in [0.2, 0.25) is 0 Å². The van der Waals surface area contributed by atoms with Crippen molar-refractivity contribution in [2.24, 2.45) is 0 Å². The second-order valence-electron chi connectivity index (χ2n) is 8.10. The first kappa shape index (κ1) is 24.5. The van der Waals surface area contributed by atoms with Crippen molar-refractivity contribution in [3.05, 3.63) is 96.9 Å². The summed E-state index contributed by atoms with van der Waals surface area (Å²) in [7, 11) is 1.50. The van der Waals surface area contributed by atoms with Crippen LogP contribution in [0.5, 0.6) is 5.75 Å². The van der Waals surface area contributed by atoms with E-state index in [0.717, 1.165) is 0 Å². The molecule has 2 amide bonds. The number of piperazine rings is 1. The smallest absolute Gasteiger partial charge is 0.295 e. The Morgan fingerprint density at radius 2 is 1.64 bits per heavy atom. The molecular formula is C28H27N3O5. The van der Waals surface area contributed by atoms with Crippen molar-refractivity contribution in [1.82, 2.24) is 14.8 Å². The SMILES string of the molecule is C=C/C=C(\OC=C)c1ccc(OC)c2c(C(=O)C(=O)N3CCN(C(=O)c4ccccc4)CC3)c[nH]c12. The highest BCUT2D eigenvalue weighted by molar-refractivity contribution is 6.45. The number of carbonyl (C=O) groups excluding carboxylic acids is 3. The monoisotopic (exact) mass is 485 g/mol. The zero-order valence-corrected chi connectivity index (χ0v) is 20.0. The van der Waals surface area contributed by atoms with Gasteiger partial charge in [0.15, 0.2) is 0 Å². The van der Waals surface area contributed by atoms with Crippen LogP contribution in [0, 0.1) is 0 Å². The molecule has 1 aliphatic heterocycles. The van der Waals surface area contributed by atoms with Crippen molar-refractivity contribution in [2.75, 3.05) is 33.3 Å². The topological polar surface area (TPSA) is 91.9 Å². The van der Waals surface area contributed by atoms with Gasteiger partial charge in [0.25, 0.3) is 17.6 Å². The van der Waals surface area contributed by atoms with Crippen LogP contribution in [0.4, 0.5) is 0 Å². The number of aromatic amines is 1. The van der Waals surface area contributed by atoms with Crippen LogP contribution >= 0.6 is 0 Å². The molecule has 0 unspecified atom stereocenters. The number of hydrogen-bond donors (Lipinski definition) is 1. The highest BCUT2D eigenvalue weighted by Gasteiger charge is 2.31. The van der Waals surface area contributed by atoms with Gasteiger partial charge in [0, 0.05) is 43.5 Å². The Morgan fingerprint density at radius 1 is 0.944 bits per heavy atom. The summed E-state index contributed by atoms with van der Waals surface area (Å²) in [4.78, 5) is 45.5. The van der Waals surface area contributed by atoms with Gasteiger partial charge in [-0.05, 0) is 30.3 Å². The van der Waals surface area contributed by atoms with Crippen LogP contribution < -0.4 is 4.74 Å². The lowest BCUT2D eigenvalue weighted by Crippen LogP contribution is -2.52. The number of nitrogens with one attached hydrogen (secondary N) is 1. The molecule has 0 bridgehead atoms. The number of ether oxygens (including phenoxy) is 2. The molecule has 1 aliphatic rings. The van der Waals surface area contributed by atoms with Gasteiger partial charge in [-0.2, -0.15) is 0 Å². The summed E-state index contributed by atoms with van der Waals surface area (Å²) in [6.45, 7) is 8.55. The molecule has 4 rings (SSSR count). The number of Topliss-reactive ketones (excluding diaryl/α,β-unsaturated/α-hetero) is 1. The third kappa shape index (κ3) is 4.65. The predicted molar refractivity (Wildman–Crippen MR) is 138 cm³/mol. The summed E-state index contributed by atoms with van der Waals surface area (Å²) in [5.41, 5.74) is 2.04. The number of methoxy groups -OCH3 is 1. The van der Waals surface area contributed by atoms with E-state index in [2.05, 4.69) is 18.1 Å². The van der Waals surface area contributed by atoms with Crippen LogP contribution in [0.3, 0.4) is 0 Å². The first-order chi connectivity index (χ1) is 17.5. The van der Waals surface area contributed by atoms with Crippen LogP contribution in [-0.2, 0) is 9.53 Å². The molecule has 1 aromatic heterocycles. The average Bonchev–Trinajstić information content (AvgIpc) is 3.37. The van der Waals surface area contributed by atoms with Crippen molar-refractivity contribution in [3.63, 3.8) is 0 Å². The Labute approximate surface area is 209 Å². The molecule has 1 saturated heterocycles. The molecule has 8 heteroatoms. The number of hydrogen-bond acceptors (Lipinski definition) is 5. The molecule has 0 saturated carbocycles. The standard InChI is InChI=1S/C28H27N3O5/c1-4-9-22(36-5-2)20-12-13-23(35-3)24-21(18-29-25(20)24)26(32)28(34)31-16-14-30(15-17-31)27(33)19-10-7-6-8-11-19/h4-13,18,29H,1-2,14-17H2,3H3/b22-9-. The lowest BCUT2D eigenvalue weighted by atomic mass is 10.0. The molecular weight excluding hydrogens is 458 g/mol. The van der Waals surface area contributed by atoms with Gasteiger partial charge in [-0.3, -0.25) is 14.4 Å². The van der Waals surface area contributed by atoms with Crippen molar-refractivity contribution in [2.45, 2.75) is 0 Å². The molecule has 3 aromatic rings. The van der Waals surface area contributed by atoms with Crippen LogP contribution in [0.2, 0.25) is 0 Å². The van der Waals surface area contributed by atoms with E-state index in [0.29, 0.717) is 46.6 Å². The van der Waals surface area contributed by atoms with Crippen LogP contribution in [0.1, 0.15) is 26.3 Å². The maximum atomic E-state index is 13.3. The Kier molecular flexibility index (Phi) is 7.34. The van der Waals surface area contributed by atoms with Crippen molar-refractivity contribution < 1.29 is 23.9 Å². The van der Waals surface area contributed by atoms with E-state index in [-0.39, 0.29) is 24.6 Å². The number of benzene rings is 2. The highest BCUT2D eigenvalue weighted by Crippen LogP contribution is 2.35. The number of allylic oxidation sites excluding steroid dienone is 2. The van der Waals surface area contributed by atoms with Crippen LogP contribution in [0.25, 0.3) is 16.7 Å². The van der Waals surface area contributed by atoms with Crippen molar-refractivity contribution >= 4 is 34.3 Å². The fraction of sp³-hybridized carbons (Fsp3) is 0.179. The fourth-order valence-electron chi connectivity index (χ4n) is 4.30. The summed E-state index contributed by atoms with van der Waals surface area (Å²) < 4.78 is 11.0. The average molecular weight is 486 g/mol. The molecule has 2 heterocycles. The van der Waals surface area contributed by atoms with Gasteiger partial charge in [-0.15, -0.1) is 0 Å². The predicted octanol–water partition coefficient (Wildman–Crippen LogP) is 4.03. The molecule has 1 N–H and O–H groups in total. The first-order valence-electron chi connectivity index (χ1n) is 11.5. The van der Waals surface area contributed by atoms with Gasteiger partial charge < -0.3 is 24.3 Å². The number of carbonyl (C=O) groups is 3. The largest absolute Gasteiger partial charge is 0.496 e. The summed E-state index contributed by atoms with van der Waals surface area (Å²) in [6, 6.07) is 12.5. The van der Waals surface area contributed by atoms with E-state index in [1.54, 1.807) is 41.3 Å². The molecule has 0 aliphatic carbocycles. The molecule has 184 valence electrons. The summed E-state index contributed by atoms with van der Waals surface area (Å²) in [5, 5.41) is 0.480. The Morgan fingerprint density at radius 3 is 2.28 bits per heavy atom. The number of nitrogens with zero attached hydrogens (tertiary/aromatic N) is 2. The minimum Gasteiger partial charge on any atom is -0.496 e. The third-order valence-corrected chi connectivity index (χ3v) is 6.08. The van der Waals surface area contributed by atoms with Gasteiger partial charge in [-0.1, -0.05) is 37.4 Å². The lowest BCUT2D eigenvalue weighted by Gasteiger charge is -2.34. The van der Waals surface area contributed by atoms with E-state index in [9.17, 15) is 14.4 Å². The Balaban J connectivity index is 1.57. The summed E-state index contributed by atoms with van der Waals surface area (Å²) >= 11 is 0. The molecule has 36 heavy (non-hydrogen) atoms. The number of amides is 2. The van der Waals surface area contributed by atoms with E-state index in [4.69, 9.17) is 9.47 Å². The zero-order valence-electron chi connectivity index (χ0n) is 20.0. The molecule has 8 nitrogen and oxygen atoms in total. The third-order valence-electron chi connectivity index (χ3n) is 6.08. The normalized spacial score (nSPS) is 13.9. The van der Waals surface area contributed by atoms with Crippen molar-refractivity contribution in [1.29, 1.82) is 0 Å². The zero-order chi connectivity index (χ0) is 25.7. The van der Waals surface area contributed by atoms with Crippen molar-refractivity contribution in [3.8, 4) is 5.75 Å². The molecule has 0 atom stereocenters. The van der Waals surface area contributed by atoms with E-state index < -0.39 is 11.7 Å². The quantitative estimate of drug-likeness (QED) is 0.225. The number of ketones is 1. The highest BCUT2D eigenvalue weighted by atomic mass is 16.5. The Bertz CT molecular complexity index is 1350.